The summed E-state index contributed by atoms with van der Waals surface area (Å²) in [7, 11) is 0. The summed E-state index contributed by atoms with van der Waals surface area (Å²) in [6.45, 7) is 0. The smallest absolute Gasteiger partial charge is 0.253 e. The Morgan fingerprint density at radius 2 is 2.08 bits per heavy atom. The van der Waals surface area contributed by atoms with E-state index in [0.29, 0.717) is 11.1 Å². The fraction of sp³-hybridized carbons (Fsp3) is 0.316. The Bertz CT molecular complexity index is 781. The number of ether oxygens (including phenoxy) is 1. The van der Waals surface area contributed by atoms with Crippen molar-refractivity contribution < 1.29 is 9.53 Å². The lowest BCUT2D eigenvalue weighted by Gasteiger charge is -2.29. The molecule has 0 radical (unpaired) electrons. The maximum atomic E-state index is 12.2. The van der Waals surface area contributed by atoms with Gasteiger partial charge in [-0.3, -0.25) is 9.78 Å². The molecular weight excluding hydrogens is 429 g/mol. The Morgan fingerprint density at radius 3 is 2.72 bits per heavy atom. The topological polar surface area (TPSA) is 75.0 Å². The van der Waals surface area contributed by atoms with Crippen LogP contribution in [0.3, 0.4) is 0 Å². The van der Waals surface area contributed by atoms with E-state index in [9.17, 15) is 4.79 Å². The average Bonchev–Trinajstić information content (AvgIpc) is 2.64. The highest BCUT2D eigenvalue weighted by Gasteiger charge is 2.24. The van der Waals surface area contributed by atoms with Crippen molar-refractivity contribution in [2.24, 2.45) is 0 Å². The van der Waals surface area contributed by atoms with Crippen molar-refractivity contribution in [1.82, 2.24) is 10.3 Å². The van der Waals surface area contributed by atoms with E-state index >= 15 is 0 Å². The zero-order valence-electron chi connectivity index (χ0n) is 13.6. The van der Waals surface area contributed by atoms with Gasteiger partial charge < -0.3 is 10.1 Å². The number of rotatable bonds is 4. The Morgan fingerprint density at radius 1 is 1.28 bits per heavy atom. The van der Waals surface area contributed by atoms with Crippen LogP contribution in [-0.4, -0.2) is 23.0 Å². The summed E-state index contributed by atoms with van der Waals surface area (Å²) >= 11 is 2.15. The van der Waals surface area contributed by atoms with Gasteiger partial charge >= 0.3 is 0 Å². The molecule has 0 aliphatic heterocycles. The van der Waals surface area contributed by atoms with Crippen molar-refractivity contribution in [2.45, 2.75) is 37.8 Å². The molecule has 0 bridgehead atoms. The lowest BCUT2D eigenvalue weighted by atomic mass is 9.92. The number of hydrogen-bond donors (Lipinski definition) is 1. The van der Waals surface area contributed by atoms with E-state index in [4.69, 9.17) is 10.00 Å². The van der Waals surface area contributed by atoms with Gasteiger partial charge in [-0.15, -0.1) is 0 Å². The first-order valence-electron chi connectivity index (χ1n) is 8.23. The number of carbonyl (C=O) groups is 1. The Labute approximate surface area is 160 Å². The van der Waals surface area contributed by atoms with Crippen molar-refractivity contribution >= 4 is 28.5 Å². The number of nitriles is 1. The molecule has 128 valence electrons. The number of nitrogens with one attached hydrogen (secondary N) is 1. The van der Waals surface area contributed by atoms with Crippen molar-refractivity contribution in [1.29, 1.82) is 5.26 Å². The molecular formula is C19H18IN3O2. The zero-order valence-corrected chi connectivity index (χ0v) is 15.8. The molecule has 0 saturated heterocycles. The van der Waals surface area contributed by atoms with Gasteiger partial charge in [-0.05, 0) is 78.6 Å². The molecule has 1 N–H and O–H groups in total. The lowest BCUT2D eigenvalue weighted by Crippen LogP contribution is -2.39. The Hall–Kier alpha value is -2.14. The van der Waals surface area contributed by atoms with Gasteiger partial charge in [0, 0.05) is 22.0 Å². The highest BCUT2D eigenvalue weighted by atomic mass is 127. The monoisotopic (exact) mass is 447 g/mol. The largest absolute Gasteiger partial charge is 0.490 e. The average molecular weight is 447 g/mol. The standard InChI is InChI=1S/C19H18IN3O2/c20-18-10-17(6-3-13(18)11-21)25-16-7-4-15(5-8-16)23-19(24)14-2-1-9-22-12-14/h1-3,6,9-10,12,15-16H,4-5,7-8H2,(H,23,24). The molecule has 1 aromatic carbocycles. The number of nitrogens with zero attached hydrogens (tertiary/aromatic N) is 2. The Kier molecular flexibility index (Phi) is 5.87. The molecule has 2 aromatic rings. The number of hydrogen-bond acceptors (Lipinski definition) is 4. The first kappa shape index (κ1) is 17.7. The highest BCUT2D eigenvalue weighted by Crippen LogP contribution is 2.26. The second kappa shape index (κ2) is 8.30. The summed E-state index contributed by atoms with van der Waals surface area (Å²) in [6, 6.07) is 11.4. The Balaban J connectivity index is 1.50. The molecule has 5 nitrogen and oxygen atoms in total. The maximum Gasteiger partial charge on any atom is 0.253 e. The molecule has 25 heavy (non-hydrogen) atoms. The minimum atomic E-state index is -0.0703. The summed E-state index contributed by atoms with van der Waals surface area (Å²) in [4.78, 5) is 16.1. The number of benzene rings is 1. The normalized spacial score (nSPS) is 19.7. The first-order valence-corrected chi connectivity index (χ1v) is 9.31. The highest BCUT2D eigenvalue weighted by molar-refractivity contribution is 14.1. The number of aromatic nitrogens is 1. The summed E-state index contributed by atoms with van der Waals surface area (Å²) in [5.74, 6) is 0.727. The van der Waals surface area contributed by atoms with Crippen LogP contribution < -0.4 is 10.1 Å². The van der Waals surface area contributed by atoms with Crippen LogP contribution >= 0.6 is 22.6 Å². The van der Waals surface area contributed by atoms with Crippen LogP contribution in [0, 0.1) is 14.9 Å². The van der Waals surface area contributed by atoms with Gasteiger partial charge in [0.05, 0.1) is 17.2 Å². The predicted octanol–water partition coefficient (Wildman–Crippen LogP) is 3.68. The number of halogens is 1. The molecule has 0 atom stereocenters. The number of pyridine rings is 1. The summed E-state index contributed by atoms with van der Waals surface area (Å²) in [5, 5.41) is 12.1. The second-order valence-corrected chi connectivity index (χ2v) is 7.22. The number of amides is 1. The van der Waals surface area contributed by atoms with Gasteiger partial charge in [0.15, 0.2) is 0 Å². The van der Waals surface area contributed by atoms with Crippen molar-refractivity contribution in [3.05, 3.63) is 57.4 Å². The lowest BCUT2D eigenvalue weighted by molar-refractivity contribution is 0.0893. The van der Waals surface area contributed by atoms with Crippen LogP contribution in [0.25, 0.3) is 0 Å². The van der Waals surface area contributed by atoms with E-state index in [1.54, 1.807) is 30.6 Å². The number of carbonyl (C=O) groups excluding carboxylic acids is 1. The van der Waals surface area contributed by atoms with Gasteiger partial charge in [0.1, 0.15) is 11.8 Å². The third-order valence-electron chi connectivity index (χ3n) is 4.30. The van der Waals surface area contributed by atoms with Gasteiger partial charge in [0.2, 0.25) is 0 Å². The SMILES string of the molecule is N#Cc1ccc(OC2CCC(NC(=O)c3cccnc3)CC2)cc1I. The summed E-state index contributed by atoms with van der Waals surface area (Å²) in [6.07, 6.45) is 6.97. The van der Waals surface area contributed by atoms with Crippen molar-refractivity contribution in [3.8, 4) is 11.8 Å². The fourth-order valence-corrected chi connectivity index (χ4v) is 3.55. The molecule has 3 rings (SSSR count). The molecule has 6 heteroatoms. The molecule has 1 aliphatic carbocycles. The van der Waals surface area contributed by atoms with Crippen LogP contribution in [-0.2, 0) is 0 Å². The molecule has 0 unspecified atom stereocenters. The predicted molar refractivity (Wildman–Crippen MR) is 102 cm³/mol. The fourth-order valence-electron chi connectivity index (χ4n) is 2.94. The van der Waals surface area contributed by atoms with E-state index < -0.39 is 0 Å². The van der Waals surface area contributed by atoms with Gasteiger partial charge in [0.25, 0.3) is 5.91 Å². The van der Waals surface area contributed by atoms with Crippen molar-refractivity contribution in [2.75, 3.05) is 0 Å². The van der Waals surface area contributed by atoms with Gasteiger partial charge in [-0.1, -0.05) is 0 Å². The van der Waals surface area contributed by atoms with E-state index in [0.717, 1.165) is 35.0 Å². The van der Waals surface area contributed by atoms with Crippen molar-refractivity contribution in [3.63, 3.8) is 0 Å². The van der Waals surface area contributed by atoms with E-state index in [1.165, 1.54) is 0 Å². The quantitative estimate of drug-likeness (QED) is 0.726. The van der Waals surface area contributed by atoms with Crippen LogP contribution in [0.1, 0.15) is 41.6 Å². The molecule has 0 spiro atoms. The van der Waals surface area contributed by atoms with Gasteiger partial charge in [-0.2, -0.15) is 5.26 Å². The third-order valence-corrected chi connectivity index (χ3v) is 5.19. The molecule has 1 aromatic heterocycles. The minimum absolute atomic E-state index is 0.0703. The van der Waals surface area contributed by atoms with E-state index in [1.807, 2.05) is 12.1 Å². The van der Waals surface area contributed by atoms with Gasteiger partial charge in [-0.25, -0.2) is 0 Å². The molecule has 1 amide bonds. The van der Waals surface area contributed by atoms with Crippen LogP contribution in [0.5, 0.6) is 5.75 Å². The third kappa shape index (κ3) is 4.69. The zero-order chi connectivity index (χ0) is 17.6. The van der Waals surface area contributed by atoms with Crippen LogP contribution in [0.2, 0.25) is 0 Å². The summed E-state index contributed by atoms with van der Waals surface area (Å²) < 4.78 is 6.93. The van der Waals surface area contributed by atoms with Crippen LogP contribution in [0.15, 0.2) is 42.7 Å². The molecule has 1 saturated carbocycles. The molecule has 1 heterocycles. The molecule has 1 aliphatic rings. The maximum absolute atomic E-state index is 12.2. The first-order chi connectivity index (χ1) is 12.2. The van der Waals surface area contributed by atoms with E-state index in [-0.39, 0.29) is 18.1 Å². The second-order valence-electron chi connectivity index (χ2n) is 6.06. The molecule has 1 fully saturated rings. The van der Waals surface area contributed by atoms with E-state index in [2.05, 4.69) is 39.0 Å². The summed E-state index contributed by atoms with van der Waals surface area (Å²) in [5.41, 5.74) is 1.25. The van der Waals surface area contributed by atoms with Crippen LogP contribution in [0.4, 0.5) is 0 Å². The minimum Gasteiger partial charge on any atom is -0.490 e.